The van der Waals surface area contributed by atoms with E-state index < -0.39 is 0 Å². The molecule has 2 N–H and O–H groups in total. The van der Waals surface area contributed by atoms with Crippen LogP contribution in [0, 0.1) is 0 Å². The van der Waals surface area contributed by atoms with E-state index in [4.69, 9.17) is 7.85 Å². The molecule has 0 unspecified atom stereocenters. The molecule has 1 aliphatic heterocycles. The monoisotopic (exact) mass is 255 g/mol. The van der Waals surface area contributed by atoms with Crippen LogP contribution in [0.3, 0.4) is 0 Å². The Balaban J connectivity index is 0. The molecule has 0 radical (unpaired) electrons. The number of likely N-dealkylation sites (tertiary alicyclic amines) is 1. The predicted molar refractivity (Wildman–Crippen MR) is 72.1 cm³/mol. The summed E-state index contributed by atoms with van der Waals surface area (Å²) >= 11 is 0. The number of hydrogen-bond acceptors (Lipinski definition) is 3. The van der Waals surface area contributed by atoms with E-state index in [-0.39, 0.29) is 23.4 Å². The fourth-order valence-electron chi connectivity index (χ4n) is 2.07. The molecule has 1 saturated heterocycles. The Morgan fingerprint density at radius 3 is 2.29 bits per heavy atom. The molecule has 3 nitrogen and oxygen atoms in total. The summed E-state index contributed by atoms with van der Waals surface area (Å²) < 4.78 is 0. The van der Waals surface area contributed by atoms with Crippen LogP contribution in [-0.4, -0.2) is 36.8 Å². The van der Waals surface area contributed by atoms with Gasteiger partial charge in [-0.2, -0.15) is 0 Å². The van der Waals surface area contributed by atoms with Crippen LogP contribution >= 0.6 is 12.4 Å². The first-order valence-electron chi connectivity index (χ1n) is 5.41. The normalized spacial score (nSPS) is 15.2. The minimum atomic E-state index is 0. The van der Waals surface area contributed by atoms with Gasteiger partial charge in [-0.05, 0) is 0 Å². The molecular weight excluding hydrogens is 236 g/mol. The molecule has 0 bridgehead atoms. The number of piperidine rings is 1. The van der Waals surface area contributed by atoms with Crippen LogP contribution in [0.15, 0.2) is 24.3 Å². The van der Waals surface area contributed by atoms with Crippen molar-refractivity contribution in [3.05, 3.63) is 29.8 Å². The predicted octanol–water partition coefficient (Wildman–Crippen LogP) is 1.53. The van der Waals surface area contributed by atoms with Gasteiger partial charge < -0.3 is 11.0 Å². The Bertz CT molecular complexity index is 306. The van der Waals surface area contributed by atoms with Crippen molar-refractivity contribution in [2.45, 2.75) is 25.8 Å². The van der Waals surface area contributed by atoms with Crippen molar-refractivity contribution in [2.24, 2.45) is 0 Å². The van der Waals surface area contributed by atoms with Crippen molar-refractivity contribution in [1.82, 2.24) is 4.90 Å². The zero-order valence-corrected chi connectivity index (χ0v) is 10.7. The first-order chi connectivity index (χ1) is 6.84. The SMILES string of the molecule is Cl.[B+2]c1cccc(CN2CCCCC2)c1.[OH-].[OH-]. The topological polar surface area (TPSA) is 63.2 Å². The molecule has 0 saturated carbocycles. The molecule has 2 rings (SSSR count). The van der Waals surface area contributed by atoms with Crippen LogP contribution < -0.4 is 5.46 Å². The molecule has 0 amide bonds. The van der Waals surface area contributed by atoms with Crippen LogP contribution in [0.25, 0.3) is 0 Å². The molecule has 1 aliphatic rings. The van der Waals surface area contributed by atoms with Gasteiger partial charge in [-0.15, -0.1) is 12.4 Å². The van der Waals surface area contributed by atoms with E-state index in [2.05, 4.69) is 17.0 Å². The van der Waals surface area contributed by atoms with E-state index in [9.17, 15) is 0 Å². The summed E-state index contributed by atoms with van der Waals surface area (Å²) in [6.07, 6.45) is 4.10. The maximum atomic E-state index is 5.75. The number of halogens is 1. The maximum Gasteiger partial charge on any atom is -0.870 e. The smallest absolute Gasteiger partial charge is 0.870 e. The third-order valence-electron chi connectivity index (χ3n) is 2.81. The number of rotatable bonds is 2. The molecule has 0 aliphatic carbocycles. The van der Waals surface area contributed by atoms with Crippen LogP contribution in [0.4, 0.5) is 0 Å². The van der Waals surface area contributed by atoms with Crippen molar-refractivity contribution < 1.29 is 11.0 Å². The van der Waals surface area contributed by atoms with Gasteiger partial charge in [0.1, 0.15) is 0 Å². The Morgan fingerprint density at radius 2 is 1.71 bits per heavy atom. The van der Waals surface area contributed by atoms with Crippen molar-refractivity contribution in [3.8, 4) is 0 Å². The standard InChI is InChI=1S/C12H16BN.ClH.2H2O/c13-12-6-4-5-11(9-12)10-14-7-2-1-3-8-14;;;/h4-6,9H,1-3,7-8,10H2;1H;2*1H2/q+2;;;/p-2. The summed E-state index contributed by atoms with van der Waals surface area (Å²) in [5.41, 5.74) is 2.21. The van der Waals surface area contributed by atoms with Crippen molar-refractivity contribution in [3.63, 3.8) is 0 Å². The summed E-state index contributed by atoms with van der Waals surface area (Å²) in [5, 5.41) is 0. The molecule has 1 aromatic rings. The van der Waals surface area contributed by atoms with E-state index in [1.165, 1.54) is 37.9 Å². The van der Waals surface area contributed by atoms with E-state index >= 15 is 0 Å². The average Bonchev–Trinajstić information content (AvgIpc) is 2.19. The first-order valence-corrected chi connectivity index (χ1v) is 5.41. The Hall–Kier alpha value is -0.545. The summed E-state index contributed by atoms with van der Waals surface area (Å²) in [4.78, 5) is 2.51. The Kier molecular flexibility index (Phi) is 10.5. The summed E-state index contributed by atoms with van der Waals surface area (Å²) in [7, 11) is 5.75. The Morgan fingerprint density at radius 1 is 1.06 bits per heavy atom. The van der Waals surface area contributed by atoms with Crippen molar-refractivity contribution >= 4 is 25.7 Å². The Labute approximate surface area is 111 Å². The van der Waals surface area contributed by atoms with Gasteiger partial charge in [0.25, 0.3) is 0 Å². The van der Waals surface area contributed by atoms with Gasteiger partial charge in [-0.25, -0.2) is 0 Å². The zero-order valence-electron chi connectivity index (χ0n) is 9.88. The fourth-order valence-corrected chi connectivity index (χ4v) is 2.07. The number of nitrogens with zero attached hydrogens (tertiary/aromatic N) is 1. The quantitative estimate of drug-likeness (QED) is 0.753. The van der Waals surface area contributed by atoms with Crippen molar-refractivity contribution in [2.75, 3.05) is 13.1 Å². The molecule has 94 valence electrons. The molecule has 17 heavy (non-hydrogen) atoms. The molecule has 0 aromatic heterocycles. The van der Waals surface area contributed by atoms with Gasteiger partial charge in [0.2, 0.25) is 0 Å². The van der Waals surface area contributed by atoms with E-state index in [0.717, 1.165) is 12.0 Å². The molecule has 0 atom stereocenters. The maximum absolute atomic E-state index is 5.75. The van der Waals surface area contributed by atoms with E-state index in [1.54, 1.807) is 0 Å². The van der Waals surface area contributed by atoms with Crippen LogP contribution in [0.5, 0.6) is 0 Å². The number of benzene rings is 1. The molecule has 5 heteroatoms. The average molecular weight is 256 g/mol. The number of hydrogen-bond donors (Lipinski definition) is 0. The van der Waals surface area contributed by atoms with Gasteiger partial charge in [0.15, 0.2) is 0 Å². The van der Waals surface area contributed by atoms with Gasteiger partial charge in [0, 0.05) is 0 Å². The molecule has 0 spiro atoms. The molecule has 1 aromatic carbocycles. The third kappa shape index (κ3) is 6.08. The van der Waals surface area contributed by atoms with E-state index in [0.29, 0.717) is 0 Å². The summed E-state index contributed by atoms with van der Waals surface area (Å²) in [6, 6.07) is 8.22. The molecular formula is C12H19BClNO2. The molecule has 1 heterocycles. The van der Waals surface area contributed by atoms with Crippen LogP contribution in [-0.2, 0) is 6.54 Å². The minimum absolute atomic E-state index is 0. The van der Waals surface area contributed by atoms with Crippen LogP contribution in [0.1, 0.15) is 24.8 Å². The third-order valence-corrected chi connectivity index (χ3v) is 2.81. The second kappa shape index (κ2) is 9.48. The first kappa shape index (κ1) is 18.8. The van der Waals surface area contributed by atoms with Gasteiger partial charge in [0.05, 0.1) is 0 Å². The second-order valence-electron chi connectivity index (χ2n) is 4.08. The van der Waals surface area contributed by atoms with E-state index in [1.807, 2.05) is 12.1 Å². The zero-order chi connectivity index (χ0) is 9.80. The van der Waals surface area contributed by atoms with Gasteiger partial charge >= 0.3 is 86.9 Å². The second-order valence-corrected chi connectivity index (χ2v) is 4.08. The van der Waals surface area contributed by atoms with Crippen LogP contribution in [0.2, 0.25) is 0 Å². The summed E-state index contributed by atoms with van der Waals surface area (Å²) in [5.74, 6) is 0. The minimum Gasteiger partial charge on any atom is -0.870 e. The largest absolute Gasteiger partial charge is 0.870 e. The van der Waals surface area contributed by atoms with Gasteiger partial charge in [-0.3, -0.25) is 0 Å². The fraction of sp³-hybridized carbons (Fsp3) is 0.500. The molecule has 1 fully saturated rings. The van der Waals surface area contributed by atoms with Gasteiger partial charge in [-0.1, -0.05) is 0 Å². The summed E-state index contributed by atoms with van der Waals surface area (Å²) in [6.45, 7) is 3.55. The van der Waals surface area contributed by atoms with Crippen molar-refractivity contribution in [1.29, 1.82) is 0 Å².